The summed E-state index contributed by atoms with van der Waals surface area (Å²) in [5, 5.41) is 21.7. The molecule has 0 aliphatic carbocycles. The van der Waals surface area contributed by atoms with Gasteiger partial charge in [0.1, 0.15) is 5.82 Å². The summed E-state index contributed by atoms with van der Waals surface area (Å²) in [6, 6.07) is 22.5. The quantitative estimate of drug-likeness (QED) is 0.470. The summed E-state index contributed by atoms with van der Waals surface area (Å²) in [4.78, 5) is 0. The number of benzene rings is 3. The molecule has 5 N–H and O–H groups in total. The topological polar surface area (TPSA) is 78.5 Å². The first-order valence-corrected chi connectivity index (χ1v) is 9.40. The van der Waals surface area contributed by atoms with E-state index in [9.17, 15) is 14.6 Å². The number of halogens is 1. The Labute approximate surface area is 170 Å². The van der Waals surface area contributed by atoms with Crippen LogP contribution in [0, 0.1) is 5.82 Å². The second-order valence-electron chi connectivity index (χ2n) is 7.06. The molecule has 150 valence electrons. The van der Waals surface area contributed by atoms with Crippen LogP contribution in [-0.4, -0.2) is 29.0 Å². The second-order valence-corrected chi connectivity index (χ2v) is 7.06. The third-order valence-corrected chi connectivity index (χ3v) is 4.74. The zero-order chi connectivity index (χ0) is 20.7. The van der Waals surface area contributed by atoms with Crippen molar-refractivity contribution in [3.8, 4) is 11.1 Å². The Morgan fingerprint density at radius 3 is 1.93 bits per heavy atom. The lowest BCUT2D eigenvalue weighted by Gasteiger charge is -2.19. The zero-order valence-corrected chi connectivity index (χ0v) is 16.1. The largest absolute Gasteiger partial charge is 0.394 e. The SMILES string of the molecule is NC(C=Cc1ccc(-c2ccc(CNc3ccc(F)cc3)cc2)cc1)(CO)CO. The van der Waals surface area contributed by atoms with Gasteiger partial charge in [0.15, 0.2) is 0 Å². The zero-order valence-electron chi connectivity index (χ0n) is 16.1. The Morgan fingerprint density at radius 2 is 1.38 bits per heavy atom. The monoisotopic (exact) mass is 392 g/mol. The number of nitrogens with two attached hydrogens (primary N) is 1. The summed E-state index contributed by atoms with van der Waals surface area (Å²) in [6.07, 6.45) is 3.41. The molecule has 0 saturated carbocycles. The Bertz CT molecular complexity index is 932. The fourth-order valence-electron chi connectivity index (χ4n) is 2.79. The van der Waals surface area contributed by atoms with Crippen molar-refractivity contribution in [1.29, 1.82) is 0 Å². The molecule has 0 unspecified atom stereocenters. The highest BCUT2D eigenvalue weighted by Gasteiger charge is 2.18. The summed E-state index contributed by atoms with van der Waals surface area (Å²) < 4.78 is 13.0. The molecule has 0 aliphatic rings. The first-order valence-electron chi connectivity index (χ1n) is 9.40. The normalized spacial score (nSPS) is 11.7. The number of hydrogen-bond acceptors (Lipinski definition) is 4. The highest BCUT2D eigenvalue weighted by Crippen LogP contribution is 2.21. The summed E-state index contributed by atoms with van der Waals surface area (Å²) in [5.74, 6) is -0.245. The number of aliphatic hydroxyl groups excluding tert-OH is 2. The number of nitrogens with one attached hydrogen (secondary N) is 1. The standard InChI is InChI=1S/C24H25FN2O2/c25-22-9-11-23(12-10-22)27-15-19-3-7-21(8-4-19)20-5-1-18(2-6-20)13-14-24(26,16-28)17-29/h1-14,27-29H,15-17,26H2. The molecular formula is C24H25FN2O2. The Morgan fingerprint density at radius 1 is 0.828 bits per heavy atom. The van der Waals surface area contributed by atoms with Crippen molar-refractivity contribution in [1.82, 2.24) is 0 Å². The Kier molecular flexibility index (Phi) is 6.77. The van der Waals surface area contributed by atoms with Crippen LogP contribution in [-0.2, 0) is 6.54 Å². The van der Waals surface area contributed by atoms with Crippen molar-refractivity contribution >= 4 is 11.8 Å². The van der Waals surface area contributed by atoms with E-state index in [1.54, 1.807) is 24.3 Å². The van der Waals surface area contributed by atoms with Gasteiger partial charge < -0.3 is 21.3 Å². The fraction of sp³-hybridized carbons (Fsp3) is 0.167. The molecule has 0 heterocycles. The van der Waals surface area contributed by atoms with Gasteiger partial charge in [-0.3, -0.25) is 0 Å². The van der Waals surface area contributed by atoms with Crippen LogP contribution in [0.25, 0.3) is 17.2 Å². The van der Waals surface area contributed by atoms with E-state index in [0.717, 1.165) is 27.9 Å². The van der Waals surface area contributed by atoms with Crippen LogP contribution in [0.5, 0.6) is 0 Å². The molecule has 0 radical (unpaired) electrons. The minimum absolute atomic E-state index is 0.245. The average Bonchev–Trinajstić information content (AvgIpc) is 2.78. The molecule has 0 atom stereocenters. The van der Waals surface area contributed by atoms with Crippen LogP contribution in [0.4, 0.5) is 10.1 Å². The lowest BCUT2D eigenvalue weighted by atomic mass is 9.99. The van der Waals surface area contributed by atoms with Crippen LogP contribution in [0.1, 0.15) is 11.1 Å². The molecule has 0 saturated heterocycles. The molecule has 0 fully saturated rings. The van der Waals surface area contributed by atoms with E-state index in [0.29, 0.717) is 6.54 Å². The van der Waals surface area contributed by atoms with Crippen LogP contribution in [0.15, 0.2) is 78.9 Å². The van der Waals surface area contributed by atoms with E-state index in [1.807, 2.05) is 24.3 Å². The first kappa shape index (κ1) is 20.7. The van der Waals surface area contributed by atoms with Gasteiger partial charge in [-0.05, 0) is 46.5 Å². The van der Waals surface area contributed by atoms with E-state index >= 15 is 0 Å². The number of hydrogen-bond donors (Lipinski definition) is 4. The predicted octanol–water partition coefficient (Wildman–Crippen LogP) is 3.80. The maximum Gasteiger partial charge on any atom is 0.123 e. The predicted molar refractivity (Wildman–Crippen MR) is 116 cm³/mol. The first-order chi connectivity index (χ1) is 14.0. The van der Waals surface area contributed by atoms with Crippen LogP contribution in [0.2, 0.25) is 0 Å². The smallest absolute Gasteiger partial charge is 0.123 e. The van der Waals surface area contributed by atoms with E-state index in [2.05, 4.69) is 29.6 Å². The lowest BCUT2D eigenvalue weighted by Crippen LogP contribution is -2.45. The van der Waals surface area contributed by atoms with Gasteiger partial charge in [0.2, 0.25) is 0 Å². The Balaban J connectivity index is 1.62. The maximum absolute atomic E-state index is 13.0. The fourth-order valence-corrected chi connectivity index (χ4v) is 2.79. The second kappa shape index (κ2) is 9.47. The summed E-state index contributed by atoms with van der Waals surface area (Å²) in [6.45, 7) is 0.0209. The van der Waals surface area contributed by atoms with Gasteiger partial charge in [-0.15, -0.1) is 0 Å². The van der Waals surface area contributed by atoms with Crippen molar-refractivity contribution < 1.29 is 14.6 Å². The van der Waals surface area contributed by atoms with Gasteiger partial charge in [-0.2, -0.15) is 0 Å². The molecule has 3 aromatic rings. The molecule has 0 bridgehead atoms. The molecule has 3 rings (SSSR count). The molecule has 4 nitrogen and oxygen atoms in total. The van der Waals surface area contributed by atoms with E-state index in [4.69, 9.17) is 5.73 Å². The molecule has 0 amide bonds. The van der Waals surface area contributed by atoms with Gasteiger partial charge >= 0.3 is 0 Å². The summed E-state index contributed by atoms with van der Waals surface area (Å²) in [5.41, 5.74) is 9.86. The number of rotatable bonds is 8. The average molecular weight is 392 g/mol. The van der Waals surface area contributed by atoms with Gasteiger partial charge in [-0.1, -0.05) is 60.7 Å². The van der Waals surface area contributed by atoms with Gasteiger partial charge in [-0.25, -0.2) is 4.39 Å². The van der Waals surface area contributed by atoms with E-state index < -0.39 is 5.54 Å². The summed E-state index contributed by atoms with van der Waals surface area (Å²) >= 11 is 0. The van der Waals surface area contributed by atoms with Gasteiger partial charge in [0.25, 0.3) is 0 Å². The van der Waals surface area contributed by atoms with Crippen LogP contribution < -0.4 is 11.1 Å². The molecule has 29 heavy (non-hydrogen) atoms. The maximum atomic E-state index is 13.0. The van der Waals surface area contributed by atoms with Crippen molar-refractivity contribution in [2.45, 2.75) is 12.1 Å². The third kappa shape index (κ3) is 5.74. The third-order valence-electron chi connectivity index (χ3n) is 4.74. The molecular weight excluding hydrogens is 367 g/mol. The van der Waals surface area contributed by atoms with Crippen LogP contribution >= 0.6 is 0 Å². The molecule has 3 aromatic carbocycles. The molecule has 0 aromatic heterocycles. The van der Waals surface area contributed by atoms with Crippen molar-refractivity contribution in [2.24, 2.45) is 5.73 Å². The minimum atomic E-state index is -1.11. The van der Waals surface area contributed by atoms with Gasteiger partial charge in [0, 0.05) is 12.2 Å². The van der Waals surface area contributed by atoms with E-state index in [-0.39, 0.29) is 19.0 Å². The number of anilines is 1. The Hall–Kier alpha value is -2.99. The highest BCUT2D eigenvalue weighted by molar-refractivity contribution is 5.66. The van der Waals surface area contributed by atoms with Crippen LogP contribution in [0.3, 0.4) is 0 Å². The van der Waals surface area contributed by atoms with Crippen molar-refractivity contribution in [2.75, 3.05) is 18.5 Å². The minimum Gasteiger partial charge on any atom is -0.394 e. The van der Waals surface area contributed by atoms with E-state index in [1.165, 1.54) is 12.1 Å². The van der Waals surface area contributed by atoms with Crippen molar-refractivity contribution in [3.05, 3.63) is 95.8 Å². The molecule has 5 heteroatoms. The van der Waals surface area contributed by atoms with Gasteiger partial charge in [0.05, 0.1) is 18.8 Å². The number of aliphatic hydroxyl groups is 2. The lowest BCUT2D eigenvalue weighted by molar-refractivity contribution is 0.152. The van der Waals surface area contributed by atoms with Crippen molar-refractivity contribution in [3.63, 3.8) is 0 Å². The summed E-state index contributed by atoms with van der Waals surface area (Å²) in [7, 11) is 0. The molecule has 0 aliphatic heterocycles. The highest BCUT2D eigenvalue weighted by atomic mass is 19.1. The molecule has 0 spiro atoms.